The number of nitrogens with one attached hydrogen (secondary N) is 1. The van der Waals surface area contributed by atoms with Gasteiger partial charge in [-0.05, 0) is 36.8 Å². The fraction of sp³-hybridized carbons (Fsp3) is 0.409. The van der Waals surface area contributed by atoms with Crippen molar-refractivity contribution in [2.45, 2.75) is 51.5 Å². The van der Waals surface area contributed by atoms with E-state index in [1.54, 1.807) is 36.7 Å². The third-order valence-corrected chi connectivity index (χ3v) is 7.16. The number of nitrogens with zero attached hydrogens (tertiary/aromatic N) is 4. The van der Waals surface area contributed by atoms with Crippen LogP contribution in [0.5, 0.6) is 0 Å². The van der Waals surface area contributed by atoms with Gasteiger partial charge in [0.2, 0.25) is 15.9 Å². The van der Waals surface area contributed by atoms with Crippen LogP contribution in [0.25, 0.3) is 11.0 Å². The molecule has 31 heavy (non-hydrogen) atoms. The summed E-state index contributed by atoms with van der Waals surface area (Å²) in [6.07, 6.45) is 4.88. The molecule has 0 aliphatic heterocycles. The van der Waals surface area contributed by atoms with Crippen molar-refractivity contribution in [3.63, 3.8) is 0 Å². The number of imidazole rings is 1. The minimum Gasteiger partial charge on any atom is -0.328 e. The second-order valence-corrected chi connectivity index (χ2v) is 9.15. The Morgan fingerprint density at radius 1 is 1.16 bits per heavy atom. The van der Waals surface area contributed by atoms with Gasteiger partial charge < -0.3 is 9.88 Å². The SMILES string of the molecule is CCCn1c(CCC(=O)Nc2cccnc2)nc2cc(S(=O)(=O)N(CC)CC)ccc21. The maximum absolute atomic E-state index is 12.9. The third-order valence-electron chi connectivity index (χ3n) is 5.11. The smallest absolute Gasteiger partial charge is 0.243 e. The largest absolute Gasteiger partial charge is 0.328 e. The third kappa shape index (κ3) is 5.11. The van der Waals surface area contributed by atoms with Crippen molar-refractivity contribution in [2.75, 3.05) is 18.4 Å². The Morgan fingerprint density at radius 3 is 2.58 bits per heavy atom. The molecular weight excluding hydrogens is 414 g/mol. The van der Waals surface area contributed by atoms with Crippen LogP contribution in [-0.4, -0.2) is 46.3 Å². The molecule has 0 radical (unpaired) electrons. The lowest BCUT2D eigenvalue weighted by atomic mass is 10.2. The second-order valence-electron chi connectivity index (χ2n) is 7.21. The molecule has 0 saturated carbocycles. The highest BCUT2D eigenvalue weighted by atomic mass is 32.2. The molecule has 0 aliphatic carbocycles. The molecule has 0 spiro atoms. The number of pyridine rings is 1. The van der Waals surface area contributed by atoms with E-state index in [1.807, 2.05) is 19.9 Å². The fourth-order valence-electron chi connectivity index (χ4n) is 3.58. The molecular formula is C22H29N5O3S. The van der Waals surface area contributed by atoms with Crippen molar-refractivity contribution in [1.82, 2.24) is 18.8 Å². The highest BCUT2D eigenvalue weighted by Gasteiger charge is 2.23. The number of aromatic nitrogens is 3. The lowest BCUT2D eigenvalue weighted by molar-refractivity contribution is -0.116. The van der Waals surface area contributed by atoms with Gasteiger partial charge in [-0.25, -0.2) is 13.4 Å². The Bertz CT molecular complexity index is 1140. The summed E-state index contributed by atoms with van der Waals surface area (Å²) >= 11 is 0. The van der Waals surface area contributed by atoms with Crippen LogP contribution in [0.1, 0.15) is 39.4 Å². The number of amides is 1. The van der Waals surface area contributed by atoms with Crippen LogP contribution in [0.15, 0.2) is 47.6 Å². The lowest BCUT2D eigenvalue weighted by Gasteiger charge is -2.18. The molecule has 3 aromatic rings. The van der Waals surface area contributed by atoms with Crippen molar-refractivity contribution in [1.29, 1.82) is 0 Å². The predicted octanol–water partition coefficient (Wildman–Crippen LogP) is 3.44. The van der Waals surface area contributed by atoms with Gasteiger partial charge in [-0.2, -0.15) is 4.31 Å². The molecule has 0 bridgehead atoms. The summed E-state index contributed by atoms with van der Waals surface area (Å²) in [6, 6.07) is 8.64. The summed E-state index contributed by atoms with van der Waals surface area (Å²) < 4.78 is 29.3. The molecule has 0 fully saturated rings. The number of benzene rings is 1. The van der Waals surface area contributed by atoms with Gasteiger partial charge >= 0.3 is 0 Å². The molecule has 0 atom stereocenters. The molecule has 0 aliphatic rings. The van der Waals surface area contributed by atoms with Crippen LogP contribution >= 0.6 is 0 Å². The van der Waals surface area contributed by atoms with Crippen molar-refractivity contribution < 1.29 is 13.2 Å². The average molecular weight is 444 g/mol. The number of anilines is 1. The Kier molecular flexibility index (Phi) is 7.40. The number of hydrogen-bond donors (Lipinski definition) is 1. The maximum Gasteiger partial charge on any atom is 0.243 e. The molecule has 2 aromatic heterocycles. The lowest BCUT2D eigenvalue weighted by Crippen LogP contribution is -2.30. The summed E-state index contributed by atoms with van der Waals surface area (Å²) in [4.78, 5) is 21.3. The van der Waals surface area contributed by atoms with Crippen LogP contribution < -0.4 is 5.32 Å². The van der Waals surface area contributed by atoms with Crippen LogP contribution in [-0.2, 0) is 27.8 Å². The second kappa shape index (κ2) is 10.0. The van der Waals surface area contributed by atoms with E-state index in [2.05, 4.69) is 26.8 Å². The van der Waals surface area contributed by atoms with Crippen LogP contribution in [0, 0.1) is 0 Å². The molecule has 3 rings (SSSR count). The molecule has 1 amide bonds. The number of aryl methyl sites for hydroxylation is 2. The maximum atomic E-state index is 12.9. The van der Waals surface area contributed by atoms with Crippen LogP contribution in [0.3, 0.4) is 0 Å². The van der Waals surface area contributed by atoms with E-state index >= 15 is 0 Å². The first-order valence-electron chi connectivity index (χ1n) is 10.6. The Balaban J connectivity index is 1.85. The average Bonchev–Trinajstić information content (AvgIpc) is 3.11. The van der Waals surface area contributed by atoms with Crippen LogP contribution in [0.4, 0.5) is 5.69 Å². The topological polar surface area (TPSA) is 97.2 Å². The number of sulfonamides is 1. The van der Waals surface area contributed by atoms with Gasteiger partial charge in [-0.1, -0.05) is 20.8 Å². The zero-order valence-electron chi connectivity index (χ0n) is 18.2. The number of rotatable bonds is 10. The summed E-state index contributed by atoms with van der Waals surface area (Å²) in [5.74, 6) is 0.656. The molecule has 8 nitrogen and oxygen atoms in total. The summed E-state index contributed by atoms with van der Waals surface area (Å²) in [5.41, 5.74) is 2.16. The summed E-state index contributed by atoms with van der Waals surface area (Å²) in [6.45, 7) is 7.30. The highest BCUT2D eigenvalue weighted by Crippen LogP contribution is 2.24. The van der Waals surface area contributed by atoms with Crippen LogP contribution in [0.2, 0.25) is 0 Å². The fourth-order valence-corrected chi connectivity index (χ4v) is 5.06. The molecule has 166 valence electrons. The summed E-state index contributed by atoms with van der Waals surface area (Å²) in [5, 5.41) is 2.83. The molecule has 2 heterocycles. The monoisotopic (exact) mass is 443 g/mol. The highest BCUT2D eigenvalue weighted by molar-refractivity contribution is 7.89. The first-order valence-corrected chi connectivity index (χ1v) is 12.0. The predicted molar refractivity (Wildman–Crippen MR) is 121 cm³/mol. The van der Waals surface area contributed by atoms with Gasteiger partial charge in [0.1, 0.15) is 5.82 Å². The molecule has 9 heteroatoms. The van der Waals surface area contributed by atoms with Gasteiger partial charge in [-0.3, -0.25) is 9.78 Å². The van der Waals surface area contributed by atoms with E-state index in [1.165, 1.54) is 4.31 Å². The van der Waals surface area contributed by atoms with Crippen molar-refractivity contribution in [3.8, 4) is 0 Å². The van der Waals surface area contributed by atoms with E-state index in [0.29, 0.717) is 30.7 Å². The van der Waals surface area contributed by atoms with E-state index < -0.39 is 10.0 Å². The van der Waals surface area contributed by atoms with Crippen molar-refractivity contribution in [3.05, 3.63) is 48.5 Å². The molecule has 0 unspecified atom stereocenters. The number of hydrogen-bond acceptors (Lipinski definition) is 5. The van der Waals surface area contributed by atoms with Gasteiger partial charge in [-0.15, -0.1) is 0 Å². The zero-order chi connectivity index (χ0) is 22.4. The normalized spacial score (nSPS) is 11.9. The zero-order valence-corrected chi connectivity index (χ0v) is 19.0. The summed E-state index contributed by atoms with van der Waals surface area (Å²) in [7, 11) is -3.55. The molecule has 1 N–H and O–H groups in total. The first kappa shape index (κ1) is 22.9. The number of carbonyl (C=O) groups is 1. The minimum atomic E-state index is -3.55. The molecule has 0 saturated heterocycles. The van der Waals surface area contributed by atoms with Crippen molar-refractivity contribution >= 4 is 32.7 Å². The van der Waals surface area contributed by atoms with E-state index in [-0.39, 0.29) is 17.2 Å². The standard InChI is InChI=1S/C22H29N5O3S/c1-4-14-27-20-10-9-18(31(29,30)26(5-2)6-3)15-19(20)25-21(27)11-12-22(28)24-17-8-7-13-23-16-17/h7-10,13,15-16H,4-6,11-12,14H2,1-3H3,(H,24,28). The Morgan fingerprint density at radius 2 is 1.94 bits per heavy atom. The number of carbonyl (C=O) groups excluding carboxylic acids is 1. The quantitative estimate of drug-likeness (QED) is 0.518. The Hall–Kier alpha value is -2.78. The van der Waals surface area contributed by atoms with E-state index in [9.17, 15) is 13.2 Å². The Labute approximate surface area is 183 Å². The first-order chi connectivity index (χ1) is 14.9. The van der Waals surface area contributed by atoms with E-state index in [4.69, 9.17) is 0 Å². The van der Waals surface area contributed by atoms with Gasteiger partial charge in [0.15, 0.2) is 0 Å². The molecule has 1 aromatic carbocycles. The number of fused-ring (bicyclic) bond motifs is 1. The van der Waals surface area contributed by atoms with Gasteiger partial charge in [0.05, 0.1) is 27.8 Å². The van der Waals surface area contributed by atoms with Gasteiger partial charge in [0, 0.05) is 38.7 Å². The van der Waals surface area contributed by atoms with E-state index in [0.717, 1.165) is 24.3 Å². The van der Waals surface area contributed by atoms with Crippen molar-refractivity contribution in [2.24, 2.45) is 0 Å². The minimum absolute atomic E-state index is 0.118. The van der Waals surface area contributed by atoms with Gasteiger partial charge in [0.25, 0.3) is 0 Å².